The molecule has 0 fully saturated rings. The topological polar surface area (TPSA) is 85.1 Å². The van der Waals surface area contributed by atoms with E-state index in [1.165, 1.54) is 18.3 Å². The van der Waals surface area contributed by atoms with Crippen LogP contribution in [0.1, 0.15) is 0 Å². The van der Waals surface area contributed by atoms with Gasteiger partial charge in [-0.3, -0.25) is 4.72 Å². The van der Waals surface area contributed by atoms with Crippen LogP contribution in [0, 0.1) is 11.6 Å². The summed E-state index contributed by atoms with van der Waals surface area (Å²) in [6, 6.07) is 4.15. The second-order valence-electron chi connectivity index (χ2n) is 3.78. The minimum atomic E-state index is -4.37. The Morgan fingerprint density at radius 1 is 1.25 bits per heavy atom. The molecule has 1 aromatic heterocycles. The zero-order valence-corrected chi connectivity index (χ0v) is 11.3. The van der Waals surface area contributed by atoms with Crippen LogP contribution in [0.4, 0.5) is 20.3 Å². The SMILES string of the molecule is Nc1cc(F)c(F)c(S(=O)(=O)Nc2cc(Cl)ccn2)c1. The van der Waals surface area contributed by atoms with Crippen LogP contribution < -0.4 is 10.5 Å². The van der Waals surface area contributed by atoms with Crippen molar-refractivity contribution in [3.8, 4) is 0 Å². The van der Waals surface area contributed by atoms with Crippen LogP contribution in [0.15, 0.2) is 35.4 Å². The summed E-state index contributed by atoms with van der Waals surface area (Å²) >= 11 is 5.67. The first-order chi connectivity index (χ1) is 9.29. The quantitative estimate of drug-likeness (QED) is 0.851. The van der Waals surface area contributed by atoms with Crippen LogP contribution in [0.3, 0.4) is 0 Å². The summed E-state index contributed by atoms with van der Waals surface area (Å²) in [4.78, 5) is 2.80. The molecule has 3 N–H and O–H groups in total. The highest BCUT2D eigenvalue weighted by Gasteiger charge is 2.23. The van der Waals surface area contributed by atoms with Gasteiger partial charge in [0.2, 0.25) is 0 Å². The Labute approximate surface area is 118 Å². The van der Waals surface area contributed by atoms with Gasteiger partial charge in [0.05, 0.1) is 0 Å². The molecule has 0 radical (unpaired) electrons. The molecule has 0 spiro atoms. The molecule has 106 valence electrons. The van der Waals surface area contributed by atoms with Crippen molar-refractivity contribution in [1.82, 2.24) is 4.98 Å². The smallest absolute Gasteiger partial charge is 0.266 e. The Hall–Kier alpha value is -1.93. The molecular formula is C11H8ClF2N3O2S. The number of aromatic nitrogens is 1. The lowest BCUT2D eigenvalue weighted by Crippen LogP contribution is -2.16. The number of halogens is 3. The first-order valence-electron chi connectivity index (χ1n) is 5.18. The normalized spacial score (nSPS) is 11.3. The van der Waals surface area contributed by atoms with E-state index >= 15 is 0 Å². The van der Waals surface area contributed by atoms with Crippen molar-refractivity contribution in [3.05, 3.63) is 47.1 Å². The molecule has 5 nitrogen and oxygen atoms in total. The maximum absolute atomic E-state index is 13.6. The minimum Gasteiger partial charge on any atom is -0.399 e. The summed E-state index contributed by atoms with van der Waals surface area (Å²) in [6.07, 6.45) is 1.26. The molecule has 0 aliphatic rings. The van der Waals surface area contributed by atoms with E-state index in [4.69, 9.17) is 17.3 Å². The van der Waals surface area contributed by atoms with Crippen LogP contribution >= 0.6 is 11.6 Å². The number of benzene rings is 1. The molecule has 0 atom stereocenters. The Bertz CT molecular complexity index is 768. The lowest BCUT2D eigenvalue weighted by atomic mass is 10.3. The average Bonchev–Trinajstić information content (AvgIpc) is 2.33. The summed E-state index contributed by atoms with van der Waals surface area (Å²) in [6.45, 7) is 0. The van der Waals surface area contributed by atoms with Crippen LogP contribution in [-0.4, -0.2) is 13.4 Å². The maximum atomic E-state index is 13.6. The van der Waals surface area contributed by atoms with Gasteiger partial charge in [-0.05, 0) is 18.2 Å². The monoisotopic (exact) mass is 319 g/mol. The van der Waals surface area contributed by atoms with Crippen molar-refractivity contribution >= 4 is 33.1 Å². The lowest BCUT2D eigenvalue weighted by molar-refractivity contribution is 0.486. The number of hydrogen-bond acceptors (Lipinski definition) is 4. The Morgan fingerprint density at radius 3 is 2.60 bits per heavy atom. The number of sulfonamides is 1. The van der Waals surface area contributed by atoms with Crippen LogP contribution in [0.25, 0.3) is 0 Å². The number of nitrogens with two attached hydrogens (primary N) is 1. The third kappa shape index (κ3) is 2.97. The molecule has 2 aromatic rings. The van der Waals surface area contributed by atoms with Crippen LogP contribution in [0.2, 0.25) is 5.02 Å². The summed E-state index contributed by atoms with van der Waals surface area (Å²) in [5, 5.41) is 0.233. The molecule has 0 aliphatic heterocycles. The van der Waals surface area contributed by atoms with Gasteiger partial charge in [0.15, 0.2) is 11.6 Å². The number of anilines is 2. The van der Waals surface area contributed by atoms with Gasteiger partial charge in [0, 0.05) is 23.0 Å². The van der Waals surface area contributed by atoms with Gasteiger partial charge < -0.3 is 5.73 Å². The predicted molar refractivity (Wildman–Crippen MR) is 70.8 cm³/mol. The van der Waals surface area contributed by atoms with Gasteiger partial charge in [0.1, 0.15) is 10.7 Å². The summed E-state index contributed by atoms with van der Waals surface area (Å²) in [5.41, 5.74) is 5.09. The van der Waals surface area contributed by atoms with Gasteiger partial charge in [-0.2, -0.15) is 0 Å². The van der Waals surface area contributed by atoms with E-state index in [0.717, 1.165) is 6.07 Å². The molecule has 2 rings (SSSR count). The summed E-state index contributed by atoms with van der Waals surface area (Å²) < 4.78 is 52.7. The van der Waals surface area contributed by atoms with E-state index in [9.17, 15) is 17.2 Å². The van der Waals surface area contributed by atoms with Crippen LogP contribution in [-0.2, 0) is 10.0 Å². The van der Waals surface area contributed by atoms with Crippen LogP contribution in [0.5, 0.6) is 0 Å². The molecule has 0 saturated heterocycles. The van der Waals surface area contributed by atoms with Crippen molar-refractivity contribution in [2.24, 2.45) is 0 Å². The highest BCUT2D eigenvalue weighted by Crippen LogP contribution is 2.23. The number of nitrogens with zero attached hydrogens (tertiary/aromatic N) is 1. The predicted octanol–water partition coefficient (Wildman–Crippen LogP) is 2.40. The fraction of sp³-hybridized carbons (Fsp3) is 0. The zero-order chi connectivity index (χ0) is 14.9. The molecule has 9 heteroatoms. The van der Waals surface area contributed by atoms with Crippen molar-refractivity contribution < 1.29 is 17.2 Å². The molecule has 0 amide bonds. The van der Waals surface area contributed by atoms with Gasteiger partial charge in [-0.1, -0.05) is 11.6 Å². The van der Waals surface area contributed by atoms with Gasteiger partial charge >= 0.3 is 0 Å². The third-order valence-electron chi connectivity index (χ3n) is 2.27. The van der Waals surface area contributed by atoms with Crippen molar-refractivity contribution in [2.75, 3.05) is 10.5 Å². The van der Waals surface area contributed by atoms with Crippen molar-refractivity contribution in [2.45, 2.75) is 4.90 Å². The van der Waals surface area contributed by atoms with Gasteiger partial charge in [-0.15, -0.1) is 0 Å². The highest BCUT2D eigenvalue weighted by atomic mass is 35.5. The number of nitrogen functional groups attached to an aromatic ring is 1. The fourth-order valence-electron chi connectivity index (χ4n) is 1.43. The number of nitrogens with one attached hydrogen (secondary N) is 1. The van der Waals surface area contributed by atoms with E-state index in [2.05, 4.69) is 4.98 Å². The van der Waals surface area contributed by atoms with E-state index in [0.29, 0.717) is 6.07 Å². The number of hydrogen-bond donors (Lipinski definition) is 2. The minimum absolute atomic E-state index is 0.125. The van der Waals surface area contributed by atoms with E-state index < -0.39 is 26.6 Å². The number of rotatable bonds is 3. The Morgan fingerprint density at radius 2 is 1.95 bits per heavy atom. The standard InChI is InChI=1S/C11H8ClF2N3O2S/c12-6-1-2-16-10(3-6)17-20(18,19)9-5-7(15)4-8(13)11(9)14/h1-5H,15H2,(H,16,17). The highest BCUT2D eigenvalue weighted by molar-refractivity contribution is 7.92. The summed E-state index contributed by atoms with van der Waals surface area (Å²) in [7, 11) is -4.37. The molecule has 0 aliphatic carbocycles. The second-order valence-corrected chi connectivity index (χ2v) is 5.87. The molecular weight excluding hydrogens is 312 g/mol. The zero-order valence-electron chi connectivity index (χ0n) is 9.77. The van der Waals surface area contributed by atoms with Crippen molar-refractivity contribution in [3.63, 3.8) is 0 Å². The fourth-order valence-corrected chi connectivity index (χ4v) is 2.71. The first kappa shape index (κ1) is 14.5. The first-order valence-corrected chi connectivity index (χ1v) is 7.04. The molecule has 0 saturated carbocycles. The van der Waals surface area contributed by atoms with E-state index in [1.54, 1.807) is 0 Å². The average molecular weight is 320 g/mol. The largest absolute Gasteiger partial charge is 0.399 e. The maximum Gasteiger partial charge on any atom is 0.266 e. The summed E-state index contributed by atoms with van der Waals surface area (Å²) in [5.74, 6) is -3.00. The molecule has 1 heterocycles. The van der Waals surface area contributed by atoms with E-state index in [-0.39, 0.29) is 16.5 Å². The molecule has 0 unspecified atom stereocenters. The Kier molecular flexibility index (Phi) is 3.78. The lowest BCUT2D eigenvalue weighted by Gasteiger charge is -2.09. The van der Waals surface area contributed by atoms with E-state index in [1.807, 2.05) is 4.72 Å². The molecule has 0 bridgehead atoms. The van der Waals surface area contributed by atoms with Crippen molar-refractivity contribution in [1.29, 1.82) is 0 Å². The molecule has 20 heavy (non-hydrogen) atoms. The second kappa shape index (κ2) is 5.22. The Balaban J connectivity index is 2.46. The number of pyridine rings is 1. The van der Waals surface area contributed by atoms with Gasteiger partial charge in [-0.25, -0.2) is 22.2 Å². The molecule has 1 aromatic carbocycles. The third-order valence-corrected chi connectivity index (χ3v) is 3.86. The van der Waals surface area contributed by atoms with Gasteiger partial charge in [0.25, 0.3) is 10.0 Å².